The minimum absolute atomic E-state index is 0.0600. The van der Waals surface area contributed by atoms with Crippen LogP contribution in [0.2, 0.25) is 0 Å². The van der Waals surface area contributed by atoms with Crippen LogP contribution in [0.3, 0.4) is 0 Å². The summed E-state index contributed by atoms with van der Waals surface area (Å²) in [5, 5.41) is 20.7. The fraction of sp³-hybridized carbons (Fsp3) is 0.673. The highest BCUT2D eigenvalue weighted by atomic mass is 31.2. The number of allylic oxidation sites excluding steroid dienone is 30. The number of phosphoric ester groups is 2. The van der Waals surface area contributed by atoms with Crippen LogP contribution in [-0.2, 0) is 55.8 Å². The van der Waals surface area contributed by atoms with Crippen LogP contribution in [0.4, 0.5) is 0 Å². The number of hydrogen-bond donors (Lipinski definition) is 4. The average molecular weight is 1700 g/mol. The summed E-state index contributed by atoms with van der Waals surface area (Å²) in [6, 6.07) is 0. The number of hydrogen-bond acceptors (Lipinski definition) is 14. The number of phosphoric acid groups is 2. The molecule has 0 aliphatic rings. The van der Waals surface area contributed by atoms with E-state index in [1.807, 2.05) is 0 Å². The van der Waals surface area contributed by atoms with Gasteiger partial charge in [-0.1, -0.05) is 383 Å². The molecule has 18 heteroatoms. The smallest absolute Gasteiger partial charge is 0.463 e. The molecule has 0 amide bonds. The van der Waals surface area contributed by atoms with Gasteiger partial charge in [-0.15, -0.1) is 0 Å². The third kappa shape index (κ3) is 93.2. The second kappa shape index (κ2) is 91.8. The van der Waals surface area contributed by atoms with Crippen molar-refractivity contribution in [1.29, 1.82) is 0 Å². The lowest BCUT2D eigenvalue weighted by Crippen LogP contribution is -2.30. The van der Waals surface area contributed by atoms with Crippen molar-refractivity contribution in [3.8, 4) is 0 Å². The lowest BCUT2D eigenvalue weighted by Gasteiger charge is -2.21. The fourth-order valence-electron chi connectivity index (χ4n) is 12.5. The van der Waals surface area contributed by atoms with Gasteiger partial charge in [-0.2, -0.15) is 0 Å². The van der Waals surface area contributed by atoms with Gasteiger partial charge in [0.15, 0.2) is 6.10 Å². The van der Waals surface area contributed by atoms with Gasteiger partial charge in [-0.25, -0.2) is 9.13 Å². The Balaban J connectivity index is 4.56. The second-order valence-electron chi connectivity index (χ2n) is 31.0. The number of unbranched alkanes of at least 4 members (excludes halogenated alkanes) is 35. The molecule has 0 spiro atoms. The highest BCUT2D eigenvalue weighted by Gasteiger charge is 2.29. The Morgan fingerprint density at radius 2 is 0.445 bits per heavy atom. The maximum Gasteiger partial charge on any atom is 0.472 e. The first-order valence-corrected chi connectivity index (χ1v) is 50.1. The molecular formula is C101H170O16P2. The van der Waals surface area contributed by atoms with Crippen molar-refractivity contribution < 1.29 is 75.8 Å². The molecule has 119 heavy (non-hydrogen) atoms. The number of ether oxygens (including phenoxy) is 3. The number of rotatable bonds is 88. The third-order valence-corrected chi connectivity index (χ3v) is 21.5. The molecule has 0 aliphatic heterocycles. The molecule has 0 aromatic heterocycles. The van der Waals surface area contributed by atoms with E-state index < -0.39 is 91.5 Å². The lowest BCUT2D eigenvalue weighted by atomic mass is 10.0. The van der Waals surface area contributed by atoms with Gasteiger partial charge in [-0.3, -0.25) is 32.5 Å². The van der Waals surface area contributed by atoms with E-state index in [9.17, 15) is 43.5 Å². The van der Waals surface area contributed by atoms with Crippen molar-refractivity contribution in [2.45, 2.75) is 399 Å². The van der Waals surface area contributed by atoms with Crippen molar-refractivity contribution in [2.24, 2.45) is 0 Å². The molecule has 0 saturated heterocycles. The molecule has 4 N–H and O–H groups in total. The Morgan fingerprint density at radius 3 is 0.714 bits per heavy atom. The predicted molar refractivity (Wildman–Crippen MR) is 500 cm³/mol. The van der Waals surface area contributed by atoms with Crippen molar-refractivity contribution in [1.82, 2.24) is 0 Å². The van der Waals surface area contributed by atoms with Gasteiger partial charge >= 0.3 is 33.6 Å². The third-order valence-electron chi connectivity index (χ3n) is 19.6. The summed E-state index contributed by atoms with van der Waals surface area (Å²) in [6.45, 7) is 2.42. The summed E-state index contributed by atoms with van der Waals surface area (Å²) in [5.41, 5.74) is 0. The van der Waals surface area contributed by atoms with E-state index in [2.05, 4.69) is 203 Å². The van der Waals surface area contributed by atoms with Gasteiger partial charge < -0.3 is 34.2 Å². The van der Waals surface area contributed by atoms with Crippen LogP contribution >= 0.6 is 15.6 Å². The molecule has 0 fully saturated rings. The first-order chi connectivity index (χ1) is 58.2. The van der Waals surface area contributed by atoms with Crippen LogP contribution in [0.1, 0.15) is 380 Å². The maximum atomic E-state index is 13.0. The van der Waals surface area contributed by atoms with Gasteiger partial charge in [0, 0.05) is 19.3 Å². The molecule has 0 saturated carbocycles. The van der Waals surface area contributed by atoms with Gasteiger partial charge in [0.05, 0.1) is 26.4 Å². The molecule has 0 aliphatic carbocycles. The zero-order valence-electron chi connectivity index (χ0n) is 75.0. The molecule has 5 unspecified atom stereocenters. The molecule has 680 valence electrons. The fourth-order valence-corrected chi connectivity index (χ4v) is 14.1. The zero-order valence-corrected chi connectivity index (χ0v) is 76.8. The first-order valence-electron chi connectivity index (χ1n) is 47.1. The Hall–Kier alpha value is -5.35. The van der Waals surface area contributed by atoms with Crippen LogP contribution in [0.25, 0.3) is 0 Å². The standard InChI is InChI=1S/C101H170O16P2/c1-4-7-10-13-16-19-22-25-28-31-34-36-38-40-42-44-46-47-49-51-52-54-56-58-61-63-66-69-72-75-78-81-84-87-99(104)111-90-96(102)91-113-118(107,108)114-92-97(103)93-115-119(109,110)116-95-98(117-101(106)89-86-83-80-77-74-71-68-65-60-33-30-27-24-21-18-15-12-9-6-3)94-112-100(105)88-85-82-79-76-73-70-67-64-62-59-57-55-53-50-48-45-43-41-39-37-35-32-29-26-23-20-17-14-11-8-5-2/h8-9,11-12,16-21,25-30,34-37,40-43,48,50,60,65,71,74,96-98,102-103H,4-7,10,13-15,22-24,31-33,38-39,44-47,49,51-59,61-64,66-70,72-73,75-95H2,1-3H3,(H,107,108)(H,109,110)/b11-8-,12-9-,19-16-,20-17-,21-18-,28-25-,29-26-,30-27-,36-34-,37-35-,42-40-,43-41-,50-48-,65-60-,74-71-. The molecule has 0 radical (unpaired) electrons. The molecule has 0 aromatic rings. The van der Waals surface area contributed by atoms with Crippen LogP contribution < -0.4 is 0 Å². The largest absolute Gasteiger partial charge is 0.472 e. The Kier molecular flexibility index (Phi) is 87.7. The zero-order chi connectivity index (χ0) is 86.5. The first kappa shape index (κ1) is 114. The highest BCUT2D eigenvalue weighted by Crippen LogP contribution is 2.45. The minimum Gasteiger partial charge on any atom is -0.463 e. The van der Waals surface area contributed by atoms with E-state index in [0.717, 1.165) is 161 Å². The van der Waals surface area contributed by atoms with Crippen LogP contribution in [0.15, 0.2) is 182 Å². The summed E-state index contributed by atoms with van der Waals surface area (Å²) < 4.78 is 61.4. The summed E-state index contributed by atoms with van der Waals surface area (Å²) in [6.07, 6.45) is 121. The summed E-state index contributed by atoms with van der Waals surface area (Å²) >= 11 is 0. The summed E-state index contributed by atoms with van der Waals surface area (Å²) in [4.78, 5) is 59.0. The van der Waals surface area contributed by atoms with E-state index >= 15 is 0 Å². The number of carbonyl (C=O) groups is 3. The molecular weight excluding hydrogens is 1530 g/mol. The van der Waals surface area contributed by atoms with E-state index in [1.54, 1.807) is 0 Å². The molecule has 0 aromatic carbocycles. The average Bonchev–Trinajstić information content (AvgIpc) is 0.903. The molecule has 5 atom stereocenters. The quantitative estimate of drug-likeness (QED) is 0.0146. The lowest BCUT2D eigenvalue weighted by molar-refractivity contribution is -0.161. The highest BCUT2D eigenvalue weighted by molar-refractivity contribution is 7.47. The minimum atomic E-state index is -4.96. The second-order valence-corrected chi connectivity index (χ2v) is 34.0. The van der Waals surface area contributed by atoms with Crippen molar-refractivity contribution >= 4 is 33.6 Å². The van der Waals surface area contributed by atoms with Crippen molar-refractivity contribution in [3.63, 3.8) is 0 Å². The van der Waals surface area contributed by atoms with Crippen LogP contribution in [0.5, 0.6) is 0 Å². The van der Waals surface area contributed by atoms with E-state index in [0.29, 0.717) is 19.3 Å². The summed E-state index contributed by atoms with van der Waals surface area (Å²) in [5.74, 6) is -1.61. The van der Waals surface area contributed by atoms with Crippen LogP contribution in [-0.4, -0.2) is 95.9 Å². The molecule has 0 heterocycles. The maximum absolute atomic E-state index is 13.0. The monoisotopic (exact) mass is 1700 g/mol. The topological polar surface area (TPSA) is 231 Å². The predicted octanol–water partition coefficient (Wildman–Crippen LogP) is 29.2. The summed E-state index contributed by atoms with van der Waals surface area (Å²) in [7, 11) is -9.83. The molecule has 0 bridgehead atoms. The van der Waals surface area contributed by atoms with E-state index in [4.69, 9.17) is 32.3 Å². The Morgan fingerprint density at radius 1 is 0.244 bits per heavy atom. The van der Waals surface area contributed by atoms with Crippen molar-refractivity contribution in [2.75, 3.05) is 39.6 Å². The number of aliphatic hydroxyl groups excluding tert-OH is 2. The molecule has 16 nitrogen and oxygen atoms in total. The van der Waals surface area contributed by atoms with E-state index in [-0.39, 0.29) is 19.3 Å². The van der Waals surface area contributed by atoms with Gasteiger partial charge in [0.2, 0.25) is 0 Å². The van der Waals surface area contributed by atoms with Gasteiger partial charge in [0.1, 0.15) is 25.4 Å². The van der Waals surface area contributed by atoms with Gasteiger partial charge in [-0.05, 0) is 161 Å². The number of esters is 3. The van der Waals surface area contributed by atoms with Crippen LogP contribution in [0, 0.1) is 0 Å². The van der Waals surface area contributed by atoms with Crippen molar-refractivity contribution in [3.05, 3.63) is 182 Å². The number of aliphatic hydroxyl groups is 2. The Labute approximate surface area is 725 Å². The van der Waals surface area contributed by atoms with E-state index in [1.165, 1.54) is 161 Å². The molecule has 0 rings (SSSR count). The Bertz CT molecular complexity index is 2890. The SMILES string of the molecule is CC/C=C\C/C=C\C/C=C\C/C=C\C/C=C\C/C=C\CCCCCCCCCCCCCCC(=O)OCC(COP(=O)(O)OCC(O)COP(=O)(O)OCC(O)COC(=O)CCCCCCCCCCCCCCCCCCC/C=C\C/C=C\C/C=C\C/C=C\CCCCC)OC(=O)CCCCC/C=C\C/C=C\C/C=C\C/C=C\C/C=C\CC. The normalized spacial score (nSPS) is 14.6. The number of carbonyl (C=O) groups excluding carboxylic acids is 3. The van der Waals surface area contributed by atoms with Gasteiger partial charge in [0.25, 0.3) is 0 Å².